The number of carbonyl (C=O) groups is 1. The van der Waals surface area contributed by atoms with E-state index in [4.69, 9.17) is 4.74 Å². The van der Waals surface area contributed by atoms with Crippen LogP contribution in [-0.2, 0) is 4.79 Å². The molecule has 0 bridgehead atoms. The van der Waals surface area contributed by atoms with Crippen molar-refractivity contribution in [1.29, 1.82) is 0 Å². The lowest BCUT2D eigenvalue weighted by Crippen LogP contribution is -2.22. The van der Waals surface area contributed by atoms with Gasteiger partial charge in [0.1, 0.15) is 5.75 Å². The highest BCUT2D eigenvalue weighted by Crippen LogP contribution is 2.19. The van der Waals surface area contributed by atoms with E-state index in [1.54, 1.807) is 0 Å². The van der Waals surface area contributed by atoms with Crippen LogP contribution in [0.15, 0.2) is 42.5 Å². The van der Waals surface area contributed by atoms with Crippen molar-refractivity contribution in [3.05, 3.63) is 53.6 Å². The van der Waals surface area contributed by atoms with Crippen molar-refractivity contribution in [3.8, 4) is 5.75 Å². The molecule has 128 valence electrons. The van der Waals surface area contributed by atoms with Crippen LogP contribution in [0, 0.1) is 13.8 Å². The van der Waals surface area contributed by atoms with Crippen molar-refractivity contribution < 1.29 is 9.53 Å². The molecule has 4 heteroatoms. The van der Waals surface area contributed by atoms with Crippen LogP contribution in [0.1, 0.15) is 31.4 Å². The number of carbonyl (C=O) groups excluding carboxylic acids is 1. The predicted molar refractivity (Wildman–Crippen MR) is 99.9 cm³/mol. The second kappa shape index (κ2) is 8.39. The highest BCUT2D eigenvalue weighted by atomic mass is 16.5. The fourth-order valence-electron chi connectivity index (χ4n) is 2.26. The first-order valence-electron chi connectivity index (χ1n) is 8.36. The van der Waals surface area contributed by atoms with Gasteiger partial charge in [-0.3, -0.25) is 4.79 Å². The molecule has 1 unspecified atom stereocenters. The molecule has 0 aliphatic heterocycles. The zero-order chi connectivity index (χ0) is 17.5. The van der Waals surface area contributed by atoms with Gasteiger partial charge in [-0.1, -0.05) is 19.1 Å². The highest BCUT2D eigenvalue weighted by molar-refractivity contribution is 5.93. The first-order chi connectivity index (χ1) is 11.5. The lowest BCUT2D eigenvalue weighted by atomic mass is 10.1. The van der Waals surface area contributed by atoms with E-state index >= 15 is 0 Å². The van der Waals surface area contributed by atoms with Crippen molar-refractivity contribution in [2.24, 2.45) is 0 Å². The number of anilines is 2. The normalized spacial score (nSPS) is 11.7. The minimum atomic E-state index is -0.0773. The predicted octanol–water partition coefficient (Wildman–Crippen LogP) is 4.53. The molecule has 0 radical (unpaired) electrons. The van der Waals surface area contributed by atoms with E-state index in [0.717, 1.165) is 29.1 Å². The summed E-state index contributed by atoms with van der Waals surface area (Å²) in [6.07, 6.45) is 1.15. The third-order valence-electron chi connectivity index (χ3n) is 4.09. The molecule has 2 aromatic rings. The summed E-state index contributed by atoms with van der Waals surface area (Å²) in [6, 6.07) is 13.5. The van der Waals surface area contributed by atoms with E-state index in [1.807, 2.05) is 50.2 Å². The molecule has 0 heterocycles. The maximum atomic E-state index is 12.1. The Bertz CT molecular complexity index is 681. The average molecular weight is 326 g/mol. The molecule has 2 N–H and O–H groups in total. The van der Waals surface area contributed by atoms with Crippen LogP contribution in [0.5, 0.6) is 5.75 Å². The minimum absolute atomic E-state index is 0.0773. The molecule has 0 spiro atoms. The van der Waals surface area contributed by atoms with Crippen LogP contribution in [0.25, 0.3) is 0 Å². The third kappa shape index (κ3) is 5.01. The molecule has 0 fully saturated rings. The summed E-state index contributed by atoms with van der Waals surface area (Å²) >= 11 is 0. The average Bonchev–Trinajstić information content (AvgIpc) is 2.58. The van der Waals surface area contributed by atoms with Crippen molar-refractivity contribution in [3.63, 3.8) is 0 Å². The zero-order valence-electron chi connectivity index (χ0n) is 14.8. The quantitative estimate of drug-likeness (QED) is 0.786. The lowest BCUT2D eigenvalue weighted by Gasteiger charge is -2.13. The Morgan fingerprint density at radius 2 is 1.83 bits per heavy atom. The molecule has 0 aromatic heterocycles. The second-order valence-corrected chi connectivity index (χ2v) is 6.01. The van der Waals surface area contributed by atoms with Crippen molar-refractivity contribution in [1.82, 2.24) is 0 Å². The standard InChI is InChI=1S/C20H26N2O2/c1-5-15(3)24-18-11-9-17(10-12-18)22-20(23)13-21-19-8-6-7-14(2)16(19)4/h6-12,15,21H,5,13H2,1-4H3,(H,22,23). The van der Waals surface area contributed by atoms with E-state index in [9.17, 15) is 4.79 Å². The van der Waals surface area contributed by atoms with Gasteiger partial charge in [0.05, 0.1) is 12.6 Å². The van der Waals surface area contributed by atoms with E-state index in [0.29, 0.717) is 0 Å². The summed E-state index contributed by atoms with van der Waals surface area (Å²) in [5, 5.41) is 6.07. The van der Waals surface area contributed by atoms with E-state index in [1.165, 1.54) is 5.56 Å². The van der Waals surface area contributed by atoms with Crippen LogP contribution >= 0.6 is 0 Å². The summed E-state index contributed by atoms with van der Waals surface area (Å²) in [6.45, 7) is 8.46. The van der Waals surface area contributed by atoms with Crippen LogP contribution in [0.2, 0.25) is 0 Å². The van der Waals surface area contributed by atoms with E-state index in [2.05, 4.69) is 30.5 Å². The Kier molecular flexibility index (Phi) is 6.24. The fraction of sp³-hybridized carbons (Fsp3) is 0.350. The molecular formula is C20H26N2O2. The zero-order valence-corrected chi connectivity index (χ0v) is 14.8. The monoisotopic (exact) mass is 326 g/mol. The topological polar surface area (TPSA) is 50.4 Å². The number of hydrogen-bond acceptors (Lipinski definition) is 3. The van der Waals surface area contributed by atoms with Gasteiger partial charge in [-0.2, -0.15) is 0 Å². The van der Waals surface area contributed by atoms with Crippen LogP contribution in [-0.4, -0.2) is 18.6 Å². The SMILES string of the molecule is CCC(C)Oc1ccc(NC(=O)CNc2cccc(C)c2C)cc1. The summed E-state index contributed by atoms with van der Waals surface area (Å²) in [4.78, 5) is 12.1. The maximum absolute atomic E-state index is 12.1. The summed E-state index contributed by atoms with van der Waals surface area (Å²) in [5.74, 6) is 0.738. The second-order valence-electron chi connectivity index (χ2n) is 6.01. The molecular weight excluding hydrogens is 300 g/mol. The van der Waals surface area contributed by atoms with Gasteiger partial charge in [-0.15, -0.1) is 0 Å². The molecule has 24 heavy (non-hydrogen) atoms. The van der Waals surface area contributed by atoms with Gasteiger partial charge >= 0.3 is 0 Å². The van der Waals surface area contributed by atoms with Crippen molar-refractivity contribution in [2.75, 3.05) is 17.2 Å². The van der Waals surface area contributed by atoms with Gasteiger partial charge in [0.25, 0.3) is 0 Å². The smallest absolute Gasteiger partial charge is 0.243 e. The first kappa shape index (κ1) is 17.9. The molecule has 1 atom stereocenters. The Hall–Kier alpha value is -2.49. The largest absolute Gasteiger partial charge is 0.491 e. The van der Waals surface area contributed by atoms with Gasteiger partial charge in [0, 0.05) is 11.4 Å². The maximum Gasteiger partial charge on any atom is 0.243 e. The molecule has 0 aliphatic carbocycles. The Morgan fingerprint density at radius 1 is 1.12 bits per heavy atom. The number of ether oxygens (including phenoxy) is 1. The van der Waals surface area contributed by atoms with Gasteiger partial charge in [0.15, 0.2) is 0 Å². The number of nitrogens with one attached hydrogen (secondary N) is 2. The van der Waals surface area contributed by atoms with Gasteiger partial charge in [0.2, 0.25) is 5.91 Å². The van der Waals surface area contributed by atoms with Crippen LogP contribution in [0.3, 0.4) is 0 Å². The number of amides is 1. The van der Waals surface area contributed by atoms with E-state index in [-0.39, 0.29) is 18.6 Å². The van der Waals surface area contributed by atoms with Crippen LogP contribution < -0.4 is 15.4 Å². The summed E-state index contributed by atoms with van der Waals surface area (Å²) in [7, 11) is 0. The molecule has 2 aromatic carbocycles. The highest BCUT2D eigenvalue weighted by Gasteiger charge is 2.06. The third-order valence-corrected chi connectivity index (χ3v) is 4.09. The Labute approximate surface area is 144 Å². The number of aryl methyl sites for hydroxylation is 1. The van der Waals surface area contributed by atoms with Gasteiger partial charge in [-0.25, -0.2) is 0 Å². The van der Waals surface area contributed by atoms with Gasteiger partial charge in [-0.05, 0) is 68.7 Å². The van der Waals surface area contributed by atoms with E-state index < -0.39 is 0 Å². The van der Waals surface area contributed by atoms with Crippen molar-refractivity contribution in [2.45, 2.75) is 40.2 Å². The Balaban J connectivity index is 1.87. The number of benzene rings is 2. The fourth-order valence-corrected chi connectivity index (χ4v) is 2.26. The molecule has 0 saturated heterocycles. The summed E-state index contributed by atoms with van der Waals surface area (Å²) in [5.41, 5.74) is 4.12. The summed E-state index contributed by atoms with van der Waals surface area (Å²) < 4.78 is 5.73. The molecule has 2 rings (SSSR count). The molecule has 1 amide bonds. The first-order valence-corrected chi connectivity index (χ1v) is 8.36. The van der Waals surface area contributed by atoms with Gasteiger partial charge < -0.3 is 15.4 Å². The lowest BCUT2D eigenvalue weighted by molar-refractivity contribution is -0.114. The number of hydrogen-bond donors (Lipinski definition) is 2. The van der Waals surface area contributed by atoms with Crippen LogP contribution in [0.4, 0.5) is 11.4 Å². The van der Waals surface area contributed by atoms with Crippen molar-refractivity contribution >= 4 is 17.3 Å². The minimum Gasteiger partial charge on any atom is -0.491 e. The molecule has 4 nitrogen and oxygen atoms in total. The molecule has 0 aliphatic rings. The molecule has 0 saturated carbocycles. The Morgan fingerprint density at radius 3 is 2.50 bits per heavy atom. The number of rotatable bonds is 7.